The van der Waals surface area contributed by atoms with Gasteiger partial charge in [-0.05, 0) is 42.7 Å². The monoisotopic (exact) mass is 356 g/mol. The summed E-state index contributed by atoms with van der Waals surface area (Å²) in [6.07, 6.45) is 7.53. The molecule has 1 saturated heterocycles. The van der Waals surface area contributed by atoms with Gasteiger partial charge in [-0.3, -0.25) is 9.69 Å². The fourth-order valence-electron chi connectivity index (χ4n) is 4.80. The molecule has 0 radical (unpaired) electrons. The van der Waals surface area contributed by atoms with Crippen molar-refractivity contribution in [1.29, 1.82) is 0 Å². The van der Waals surface area contributed by atoms with E-state index in [1.54, 1.807) is 14.2 Å². The number of methoxy groups -OCH3 is 2. The number of amides is 1. The van der Waals surface area contributed by atoms with E-state index < -0.39 is 0 Å². The first-order chi connectivity index (χ1) is 12.7. The molecule has 0 aromatic heterocycles. The van der Waals surface area contributed by atoms with Crippen molar-refractivity contribution in [2.75, 3.05) is 46.9 Å². The van der Waals surface area contributed by atoms with Gasteiger partial charge in [-0.25, -0.2) is 0 Å². The molecule has 0 spiro atoms. The number of rotatable bonds is 5. The van der Waals surface area contributed by atoms with Crippen molar-refractivity contribution in [1.82, 2.24) is 9.80 Å². The van der Waals surface area contributed by atoms with Crippen LogP contribution in [0.5, 0.6) is 11.5 Å². The van der Waals surface area contributed by atoms with E-state index in [0.717, 1.165) is 43.9 Å². The molecule has 5 heteroatoms. The fraction of sp³-hybridized carbons (Fsp3) is 0.571. The summed E-state index contributed by atoms with van der Waals surface area (Å²) in [5, 5.41) is 0. The second kappa shape index (κ2) is 7.31. The molecule has 26 heavy (non-hydrogen) atoms. The van der Waals surface area contributed by atoms with Crippen LogP contribution in [0.4, 0.5) is 0 Å². The Morgan fingerprint density at radius 2 is 1.88 bits per heavy atom. The lowest BCUT2D eigenvalue weighted by Gasteiger charge is -2.37. The molecule has 0 unspecified atom stereocenters. The second-order valence-corrected chi connectivity index (χ2v) is 7.67. The Morgan fingerprint density at radius 1 is 1.08 bits per heavy atom. The van der Waals surface area contributed by atoms with Gasteiger partial charge in [0.15, 0.2) is 11.5 Å². The van der Waals surface area contributed by atoms with Crippen LogP contribution in [-0.2, 0) is 0 Å². The van der Waals surface area contributed by atoms with Gasteiger partial charge in [0.25, 0.3) is 5.91 Å². The van der Waals surface area contributed by atoms with E-state index >= 15 is 0 Å². The van der Waals surface area contributed by atoms with E-state index in [1.165, 1.54) is 19.4 Å². The number of fused-ring (bicyclic) bond motifs is 2. The molecule has 2 aliphatic carbocycles. The number of carbonyl (C=O) groups excluding carboxylic acids is 1. The number of para-hydroxylation sites is 1. The van der Waals surface area contributed by atoms with E-state index in [2.05, 4.69) is 17.1 Å². The lowest BCUT2D eigenvalue weighted by molar-refractivity contribution is 0.0606. The Kier molecular flexibility index (Phi) is 4.90. The average Bonchev–Trinajstić information content (AvgIpc) is 3.30. The Bertz CT molecular complexity index is 694. The molecule has 2 bridgehead atoms. The number of ether oxygens (including phenoxy) is 2. The molecule has 3 atom stereocenters. The molecule has 4 rings (SSSR count). The summed E-state index contributed by atoms with van der Waals surface area (Å²) < 4.78 is 10.7. The third kappa shape index (κ3) is 3.20. The zero-order valence-corrected chi connectivity index (χ0v) is 15.7. The molecule has 3 aliphatic rings. The summed E-state index contributed by atoms with van der Waals surface area (Å²) in [6.45, 7) is 4.63. The third-order valence-corrected chi connectivity index (χ3v) is 6.20. The Morgan fingerprint density at radius 3 is 2.50 bits per heavy atom. The second-order valence-electron chi connectivity index (χ2n) is 7.67. The van der Waals surface area contributed by atoms with Crippen LogP contribution in [0, 0.1) is 17.8 Å². The van der Waals surface area contributed by atoms with Crippen LogP contribution in [0.1, 0.15) is 23.2 Å². The minimum absolute atomic E-state index is 0.0308. The van der Waals surface area contributed by atoms with Crippen LogP contribution >= 0.6 is 0 Å². The number of piperazine rings is 1. The summed E-state index contributed by atoms with van der Waals surface area (Å²) in [4.78, 5) is 17.4. The molecule has 1 aromatic carbocycles. The molecule has 0 N–H and O–H groups in total. The maximum absolute atomic E-state index is 13.0. The maximum atomic E-state index is 13.0. The predicted molar refractivity (Wildman–Crippen MR) is 101 cm³/mol. The predicted octanol–water partition coefficient (Wildman–Crippen LogP) is 2.67. The minimum Gasteiger partial charge on any atom is -0.493 e. The van der Waals surface area contributed by atoms with E-state index in [4.69, 9.17) is 9.47 Å². The highest BCUT2D eigenvalue weighted by atomic mass is 16.5. The summed E-state index contributed by atoms with van der Waals surface area (Å²) in [6, 6.07) is 5.47. The van der Waals surface area contributed by atoms with Gasteiger partial charge in [-0.1, -0.05) is 18.2 Å². The summed E-state index contributed by atoms with van der Waals surface area (Å²) >= 11 is 0. The van der Waals surface area contributed by atoms with Crippen molar-refractivity contribution in [2.24, 2.45) is 17.8 Å². The highest BCUT2D eigenvalue weighted by Crippen LogP contribution is 2.43. The lowest BCUT2D eigenvalue weighted by atomic mass is 9.93. The molecular weight excluding hydrogens is 328 g/mol. The highest BCUT2D eigenvalue weighted by molar-refractivity contribution is 5.97. The number of allylic oxidation sites excluding steroid dienone is 2. The van der Waals surface area contributed by atoms with Crippen LogP contribution in [0.25, 0.3) is 0 Å². The van der Waals surface area contributed by atoms with Gasteiger partial charge in [-0.2, -0.15) is 0 Å². The molecule has 1 heterocycles. The summed E-state index contributed by atoms with van der Waals surface area (Å²) in [5.41, 5.74) is 0.582. The van der Waals surface area contributed by atoms with Crippen molar-refractivity contribution in [3.63, 3.8) is 0 Å². The molecule has 1 saturated carbocycles. The topological polar surface area (TPSA) is 42.0 Å². The largest absolute Gasteiger partial charge is 0.493 e. The molecule has 1 amide bonds. The van der Waals surface area contributed by atoms with E-state index in [0.29, 0.717) is 17.1 Å². The van der Waals surface area contributed by atoms with Gasteiger partial charge in [-0.15, -0.1) is 0 Å². The lowest BCUT2D eigenvalue weighted by Crippen LogP contribution is -2.50. The van der Waals surface area contributed by atoms with E-state index in [9.17, 15) is 4.79 Å². The fourth-order valence-corrected chi connectivity index (χ4v) is 4.80. The number of hydrogen-bond acceptors (Lipinski definition) is 4. The molecule has 140 valence electrons. The van der Waals surface area contributed by atoms with Crippen molar-refractivity contribution < 1.29 is 14.3 Å². The third-order valence-electron chi connectivity index (χ3n) is 6.20. The average molecular weight is 356 g/mol. The zero-order chi connectivity index (χ0) is 18.1. The molecule has 5 nitrogen and oxygen atoms in total. The van der Waals surface area contributed by atoms with Crippen LogP contribution < -0.4 is 9.47 Å². The van der Waals surface area contributed by atoms with Gasteiger partial charge < -0.3 is 14.4 Å². The van der Waals surface area contributed by atoms with Crippen molar-refractivity contribution in [3.8, 4) is 11.5 Å². The molecule has 2 fully saturated rings. The zero-order valence-electron chi connectivity index (χ0n) is 15.7. The quantitative estimate of drug-likeness (QED) is 0.761. The Balaban J connectivity index is 1.36. The van der Waals surface area contributed by atoms with Crippen molar-refractivity contribution in [3.05, 3.63) is 35.9 Å². The first-order valence-electron chi connectivity index (χ1n) is 9.60. The van der Waals surface area contributed by atoms with Crippen LogP contribution in [-0.4, -0.2) is 62.7 Å². The minimum atomic E-state index is 0.0308. The summed E-state index contributed by atoms with van der Waals surface area (Å²) in [7, 11) is 3.17. The first-order valence-corrected chi connectivity index (χ1v) is 9.60. The van der Waals surface area contributed by atoms with Crippen LogP contribution in [0.3, 0.4) is 0 Å². The van der Waals surface area contributed by atoms with Gasteiger partial charge in [0, 0.05) is 32.7 Å². The standard InChI is InChI=1S/C21H28N2O3/c1-25-19-5-3-4-18(20(19)26-2)21(24)23-10-8-22(9-11-23)14-17-13-15-6-7-16(17)12-15/h3-7,15-17H,8-14H2,1-2H3/t15-,16+,17+/m1/s1. The van der Waals surface area contributed by atoms with Crippen LogP contribution in [0.2, 0.25) is 0 Å². The molecule has 1 aliphatic heterocycles. The number of hydrogen-bond donors (Lipinski definition) is 0. The maximum Gasteiger partial charge on any atom is 0.257 e. The molecule has 1 aromatic rings. The Hall–Kier alpha value is -2.01. The summed E-state index contributed by atoms with van der Waals surface area (Å²) in [5.74, 6) is 3.58. The SMILES string of the molecule is COc1cccc(C(=O)N2CCN(C[C@@H]3C[C@@H]4C=C[C@H]3C4)CC2)c1OC. The van der Waals surface area contributed by atoms with Crippen LogP contribution in [0.15, 0.2) is 30.4 Å². The molecular formula is C21H28N2O3. The van der Waals surface area contributed by atoms with Crippen molar-refractivity contribution >= 4 is 5.91 Å². The normalized spacial score (nSPS) is 27.8. The number of benzene rings is 1. The highest BCUT2D eigenvalue weighted by Gasteiger charge is 2.37. The van der Waals surface area contributed by atoms with E-state index in [1.807, 2.05) is 23.1 Å². The van der Waals surface area contributed by atoms with Gasteiger partial charge in [0.1, 0.15) is 0 Å². The van der Waals surface area contributed by atoms with Gasteiger partial charge >= 0.3 is 0 Å². The smallest absolute Gasteiger partial charge is 0.257 e. The number of carbonyl (C=O) groups is 1. The van der Waals surface area contributed by atoms with E-state index in [-0.39, 0.29) is 5.91 Å². The Labute approximate surface area is 155 Å². The van der Waals surface area contributed by atoms with Gasteiger partial charge in [0.05, 0.1) is 19.8 Å². The van der Waals surface area contributed by atoms with Crippen molar-refractivity contribution in [2.45, 2.75) is 12.8 Å². The van der Waals surface area contributed by atoms with Gasteiger partial charge in [0.2, 0.25) is 0 Å². The number of nitrogens with zero attached hydrogens (tertiary/aromatic N) is 2. The first kappa shape index (κ1) is 17.4.